The normalized spacial score (nSPS) is 12.4. The maximum absolute atomic E-state index is 12.1. The molecule has 1 aromatic carbocycles. The summed E-state index contributed by atoms with van der Waals surface area (Å²) in [5, 5.41) is 8.60. The van der Waals surface area contributed by atoms with Gasteiger partial charge in [-0.25, -0.2) is 12.7 Å². The Kier molecular flexibility index (Phi) is 5.02. The summed E-state index contributed by atoms with van der Waals surface area (Å²) >= 11 is 5.70. The molecule has 4 nitrogen and oxygen atoms in total. The van der Waals surface area contributed by atoms with Crippen molar-refractivity contribution < 1.29 is 21.6 Å². The first-order valence-corrected chi connectivity index (χ1v) is 7.12. The van der Waals surface area contributed by atoms with Crippen LogP contribution in [-0.4, -0.2) is 32.5 Å². The molecule has 0 atom stereocenters. The molecule has 1 aromatic rings. The minimum Gasteiger partial charge on any atom is -0.207 e. The van der Waals surface area contributed by atoms with Gasteiger partial charge in [0, 0.05) is 13.6 Å². The lowest BCUT2D eigenvalue weighted by Crippen LogP contribution is -2.30. The molecular formula is C11H10ClF3N2O2S. The fourth-order valence-corrected chi connectivity index (χ4v) is 2.82. The van der Waals surface area contributed by atoms with Crippen molar-refractivity contribution in [2.75, 3.05) is 13.6 Å². The first kappa shape index (κ1) is 16.8. The van der Waals surface area contributed by atoms with Crippen LogP contribution >= 0.6 is 11.6 Å². The Morgan fingerprint density at radius 2 is 2.00 bits per heavy atom. The van der Waals surface area contributed by atoms with Gasteiger partial charge < -0.3 is 0 Å². The second kappa shape index (κ2) is 5.99. The summed E-state index contributed by atoms with van der Waals surface area (Å²) in [6.07, 6.45) is -5.68. The molecule has 0 aromatic heterocycles. The number of sulfonamides is 1. The Balaban J connectivity index is 2.99. The van der Waals surface area contributed by atoms with E-state index in [0.29, 0.717) is 4.31 Å². The van der Waals surface area contributed by atoms with Crippen molar-refractivity contribution in [2.24, 2.45) is 0 Å². The zero-order valence-electron chi connectivity index (χ0n) is 10.3. The van der Waals surface area contributed by atoms with E-state index in [4.69, 9.17) is 16.9 Å². The number of hydrogen-bond donors (Lipinski definition) is 0. The highest BCUT2D eigenvalue weighted by atomic mass is 35.5. The average Bonchev–Trinajstić information content (AvgIpc) is 2.34. The van der Waals surface area contributed by atoms with Crippen LogP contribution in [0.4, 0.5) is 13.2 Å². The zero-order chi connectivity index (χ0) is 15.6. The minimum atomic E-state index is -4.44. The first-order valence-electron chi connectivity index (χ1n) is 5.30. The van der Waals surface area contributed by atoms with Crippen LogP contribution in [0.1, 0.15) is 12.0 Å². The Morgan fingerprint density at radius 1 is 1.40 bits per heavy atom. The summed E-state index contributed by atoms with van der Waals surface area (Å²) in [5.74, 6) is 0. The van der Waals surface area contributed by atoms with Gasteiger partial charge in [-0.05, 0) is 18.2 Å². The molecule has 0 heterocycles. The summed E-state index contributed by atoms with van der Waals surface area (Å²) in [7, 11) is -3.02. The molecule has 20 heavy (non-hydrogen) atoms. The van der Waals surface area contributed by atoms with E-state index in [9.17, 15) is 21.6 Å². The third-order valence-corrected chi connectivity index (χ3v) is 4.64. The molecule has 0 saturated carbocycles. The highest BCUT2D eigenvalue weighted by Gasteiger charge is 2.30. The van der Waals surface area contributed by atoms with Crippen LogP contribution in [0.5, 0.6) is 0 Å². The van der Waals surface area contributed by atoms with E-state index in [1.807, 2.05) is 0 Å². The summed E-state index contributed by atoms with van der Waals surface area (Å²) in [6.45, 7) is -0.691. The Morgan fingerprint density at radius 3 is 2.45 bits per heavy atom. The largest absolute Gasteiger partial charge is 0.390 e. The quantitative estimate of drug-likeness (QED) is 0.854. The molecule has 0 aliphatic carbocycles. The van der Waals surface area contributed by atoms with Crippen LogP contribution < -0.4 is 0 Å². The molecular weight excluding hydrogens is 317 g/mol. The molecule has 0 amide bonds. The Labute approximate surface area is 119 Å². The number of rotatable bonds is 4. The standard InChI is InChI=1S/C11H10ClF3N2O2S/c1-17(5-4-11(13,14)15)20(18,19)9-3-2-8(7-16)10(12)6-9/h2-3,6H,4-5H2,1H3. The van der Waals surface area contributed by atoms with Crippen molar-refractivity contribution in [2.45, 2.75) is 17.5 Å². The number of benzene rings is 1. The number of halogens is 4. The maximum Gasteiger partial charge on any atom is 0.390 e. The van der Waals surface area contributed by atoms with Crippen LogP contribution in [0.2, 0.25) is 5.02 Å². The van der Waals surface area contributed by atoms with E-state index in [0.717, 1.165) is 19.2 Å². The number of nitriles is 1. The van der Waals surface area contributed by atoms with Crippen molar-refractivity contribution in [1.82, 2.24) is 4.31 Å². The number of hydrogen-bond acceptors (Lipinski definition) is 3. The van der Waals surface area contributed by atoms with E-state index < -0.39 is 29.2 Å². The third kappa shape index (κ3) is 4.10. The predicted octanol–water partition coefficient (Wildman–Crippen LogP) is 2.78. The van der Waals surface area contributed by atoms with Gasteiger partial charge in [-0.1, -0.05) is 11.6 Å². The molecule has 0 unspecified atom stereocenters. The average molecular weight is 327 g/mol. The van der Waals surface area contributed by atoms with Gasteiger partial charge in [-0.3, -0.25) is 0 Å². The summed E-state index contributed by atoms with van der Waals surface area (Å²) in [6, 6.07) is 5.13. The van der Waals surface area contributed by atoms with Gasteiger partial charge in [0.2, 0.25) is 10.0 Å². The minimum absolute atomic E-state index is 0.0715. The molecule has 0 aliphatic rings. The van der Waals surface area contributed by atoms with Gasteiger partial charge in [-0.15, -0.1) is 0 Å². The second-order valence-corrected chi connectivity index (χ2v) is 6.40. The summed E-state index contributed by atoms with van der Waals surface area (Å²) in [5.41, 5.74) is 0.0866. The van der Waals surface area contributed by atoms with Crippen LogP contribution in [0, 0.1) is 11.3 Å². The van der Waals surface area contributed by atoms with Crippen molar-refractivity contribution in [1.29, 1.82) is 5.26 Å². The molecule has 0 saturated heterocycles. The van der Waals surface area contributed by atoms with Gasteiger partial charge in [-0.2, -0.15) is 18.4 Å². The molecule has 0 N–H and O–H groups in total. The van der Waals surface area contributed by atoms with Crippen LogP contribution in [0.25, 0.3) is 0 Å². The topological polar surface area (TPSA) is 61.2 Å². The summed E-state index contributed by atoms with van der Waals surface area (Å²) in [4.78, 5) is -0.258. The maximum atomic E-state index is 12.1. The number of nitrogens with zero attached hydrogens (tertiary/aromatic N) is 2. The molecule has 0 aliphatic heterocycles. The highest BCUT2D eigenvalue weighted by Crippen LogP contribution is 2.24. The summed E-state index contributed by atoms with van der Waals surface area (Å²) < 4.78 is 60.9. The van der Waals surface area contributed by atoms with E-state index in [1.165, 1.54) is 6.07 Å². The van der Waals surface area contributed by atoms with Crippen LogP contribution in [0.3, 0.4) is 0 Å². The molecule has 9 heteroatoms. The first-order chi connectivity index (χ1) is 9.08. The van der Waals surface area contributed by atoms with Crippen molar-refractivity contribution in [3.63, 3.8) is 0 Å². The second-order valence-electron chi connectivity index (χ2n) is 3.95. The third-order valence-electron chi connectivity index (χ3n) is 2.48. The molecule has 0 radical (unpaired) electrons. The van der Waals surface area contributed by atoms with E-state index in [2.05, 4.69) is 0 Å². The predicted molar refractivity (Wildman–Crippen MR) is 66.7 cm³/mol. The smallest absolute Gasteiger partial charge is 0.207 e. The number of alkyl halides is 3. The molecule has 0 bridgehead atoms. The Bertz CT molecular complexity index is 638. The highest BCUT2D eigenvalue weighted by molar-refractivity contribution is 7.89. The van der Waals surface area contributed by atoms with E-state index in [1.54, 1.807) is 6.07 Å². The van der Waals surface area contributed by atoms with Gasteiger partial charge >= 0.3 is 6.18 Å². The van der Waals surface area contributed by atoms with E-state index >= 15 is 0 Å². The molecule has 0 fully saturated rings. The monoisotopic (exact) mass is 326 g/mol. The van der Waals surface area contributed by atoms with Gasteiger partial charge in [0.25, 0.3) is 0 Å². The molecule has 0 spiro atoms. The Hall–Kier alpha value is -1.30. The lowest BCUT2D eigenvalue weighted by molar-refractivity contribution is -0.135. The van der Waals surface area contributed by atoms with Gasteiger partial charge in [0.05, 0.1) is 21.9 Å². The SMILES string of the molecule is CN(CCC(F)(F)F)S(=O)(=O)c1ccc(C#N)c(Cl)c1. The zero-order valence-corrected chi connectivity index (χ0v) is 11.8. The van der Waals surface area contributed by atoms with Crippen molar-refractivity contribution >= 4 is 21.6 Å². The van der Waals surface area contributed by atoms with Gasteiger partial charge in [0.15, 0.2) is 0 Å². The fourth-order valence-electron chi connectivity index (χ4n) is 1.33. The van der Waals surface area contributed by atoms with Crippen molar-refractivity contribution in [3.05, 3.63) is 28.8 Å². The van der Waals surface area contributed by atoms with Crippen LogP contribution in [0.15, 0.2) is 23.1 Å². The van der Waals surface area contributed by atoms with Gasteiger partial charge in [0.1, 0.15) is 6.07 Å². The van der Waals surface area contributed by atoms with Crippen LogP contribution in [-0.2, 0) is 10.0 Å². The lowest BCUT2D eigenvalue weighted by atomic mass is 10.2. The molecule has 1 rings (SSSR count). The van der Waals surface area contributed by atoms with Crippen molar-refractivity contribution in [3.8, 4) is 6.07 Å². The van der Waals surface area contributed by atoms with E-state index in [-0.39, 0.29) is 15.5 Å². The molecule has 110 valence electrons. The fraction of sp³-hybridized carbons (Fsp3) is 0.364. The lowest BCUT2D eigenvalue weighted by Gasteiger charge is -2.18.